The molecule has 100 valence electrons. The third kappa shape index (κ3) is 3.38. The van der Waals surface area contributed by atoms with E-state index in [-0.39, 0.29) is 11.9 Å². The summed E-state index contributed by atoms with van der Waals surface area (Å²) in [6.45, 7) is 0.316. The molecule has 1 atom stereocenters. The van der Waals surface area contributed by atoms with Crippen molar-refractivity contribution in [2.45, 2.75) is 6.04 Å². The maximum Gasteiger partial charge on any atom is 0.125 e. The van der Waals surface area contributed by atoms with Crippen molar-refractivity contribution in [3.05, 3.63) is 63.9 Å². The summed E-state index contributed by atoms with van der Waals surface area (Å²) in [6.07, 6.45) is 0. The summed E-state index contributed by atoms with van der Waals surface area (Å²) in [6, 6.07) is 11.3. The molecule has 0 saturated carbocycles. The lowest BCUT2D eigenvalue weighted by Crippen LogP contribution is -2.21. The maximum atomic E-state index is 13.2. The van der Waals surface area contributed by atoms with Crippen LogP contribution in [0.4, 0.5) is 10.1 Å². The van der Waals surface area contributed by atoms with Crippen LogP contribution < -0.4 is 11.1 Å². The van der Waals surface area contributed by atoms with E-state index >= 15 is 0 Å². The monoisotopic (exact) mass is 298 g/mol. The van der Waals surface area contributed by atoms with Crippen molar-refractivity contribution in [3.8, 4) is 0 Å². The van der Waals surface area contributed by atoms with Gasteiger partial charge in [0.2, 0.25) is 0 Å². The van der Waals surface area contributed by atoms with Crippen LogP contribution in [0.25, 0.3) is 0 Å². The lowest BCUT2D eigenvalue weighted by molar-refractivity contribution is 0.627. The van der Waals surface area contributed by atoms with Crippen LogP contribution in [0.1, 0.15) is 11.6 Å². The van der Waals surface area contributed by atoms with Gasteiger partial charge in [-0.1, -0.05) is 41.4 Å². The number of benzene rings is 2. The molecular weight excluding hydrogens is 286 g/mol. The highest BCUT2D eigenvalue weighted by molar-refractivity contribution is 6.33. The average Bonchev–Trinajstić information content (AvgIpc) is 2.41. The molecule has 3 N–H and O–H groups in total. The summed E-state index contributed by atoms with van der Waals surface area (Å²) in [5.74, 6) is -0.359. The van der Waals surface area contributed by atoms with Crippen molar-refractivity contribution in [1.82, 2.24) is 0 Å². The van der Waals surface area contributed by atoms with Crippen LogP contribution in [0.3, 0.4) is 0 Å². The topological polar surface area (TPSA) is 38.0 Å². The van der Waals surface area contributed by atoms with E-state index in [4.69, 9.17) is 28.9 Å². The maximum absolute atomic E-state index is 13.2. The van der Waals surface area contributed by atoms with Gasteiger partial charge in [-0.2, -0.15) is 0 Å². The molecule has 2 aromatic carbocycles. The van der Waals surface area contributed by atoms with E-state index in [9.17, 15) is 4.39 Å². The summed E-state index contributed by atoms with van der Waals surface area (Å²) in [7, 11) is 0. The summed E-state index contributed by atoms with van der Waals surface area (Å²) in [5, 5.41) is 4.16. The molecule has 2 aromatic rings. The molecule has 0 saturated heterocycles. The van der Waals surface area contributed by atoms with Crippen LogP contribution in [-0.4, -0.2) is 6.54 Å². The van der Waals surface area contributed by atoms with Gasteiger partial charge in [0, 0.05) is 11.6 Å². The highest BCUT2D eigenvalue weighted by atomic mass is 35.5. The quantitative estimate of drug-likeness (QED) is 0.886. The Labute approximate surface area is 121 Å². The Bertz CT molecular complexity index is 575. The van der Waals surface area contributed by atoms with Crippen LogP contribution >= 0.6 is 23.2 Å². The first-order valence-corrected chi connectivity index (χ1v) is 6.53. The highest BCUT2D eigenvalue weighted by Crippen LogP contribution is 2.29. The van der Waals surface area contributed by atoms with Crippen molar-refractivity contribution in [1.29, 1.82) is 0 Å². The highest BCUT2D eigenvalue weighted by Gasteiger charge is 2.14. The van der Waals surface area contributed by atoms with Crippen LogP contribution in [0.15, 0.2) is 42.5 Å². The van der Waals surface area contributed by atoms with E-state index in [1.165, 1.54) is 18.2 Å². The van der Waals surface area contributed by atoms with Gasteiger partial charge in [-0.3, -0.25) is 0 Å². The predicted molar refractivity (Wildman–Crippen MR) is 78.3 cm³/mol. The third-order valence-electron chi connectivity index (χ3n) is 2.77. The fourth-order valence-electron chi connectivity index (χ4n) is 1.82. The van der Waals surface area contributed by atoms with Gasteiger partial charge in [0.05, 0.1) is 16.8 Å². The molecular formula is C14H13Cl2FN2. The predicted octanol–water partition coefficient (Wildman–Crippen LogP) is 4.24. The van der Waals surface area contributed by atoms with Crippen LogP contribution in [-0.2, 0) is 0 Å². The second-order valence-electron chi connectivity index (χ2n) is 4.08. The van der Waals surface area contributed by atoms with Gasteiger partial charge in [-0.25, -0.2) is 4.39 Å². The third-order valence-corrected chi connectivity index (χ3v) is 3.45. The minimum Gasteiger partial charge on any atom is -0.376 e. The Kier molecular flexibility index (Phi) is 4.64. The van der Waals surface area contributed by atoms with Crippen molar-refractivity contribution >= 4 is 28.9 Å². The lowest BCUT2D eigenvalue weighted by atomic mass is 10.1. The van der Waals surface area contributed by atoms with Crippen molar-refractivity contribution < 1.29 is 4.39 Å². The normalized spacial score (nSPS) is 12.2. The number of halogens is 3. The number of hydrogen-bond donors (Lipinski definition) is 2. The Balaban J connectivity index is 2.29. The van der Waals surface area contributed by atoms with Gasteiger partial charge in [0.15, 0.2) is 0 Å². The molecule has 0 fully saturated rings. The molecule has 19 heavy (non-hydrogen) atoms. The van der Waals surface area contributed by atoms with Gasteiger partial charge < -0.3 is 11.1 Å². The summed E-state index contributed by atoms with van der Waals surface area (Å²) in [5.41, 5.74) is 7.10. The molecule has 0 aliphatic carbocycles. The molecule has 0 spiro atoms. The molecule has 0 aliphatic heterocycles. The first kappa shape index (κ1) is 14.1. The smallest absolute Gasteiger partial charge is 0.125 e. The fourth-order valence-corrected chi connectivity index (χ4v) is 2.26. The minimum absolute atomic E-state index is 0.229. The van der Waals surface area contributed by atoms with Gasteiger partial charge >= 0.3 is 0 Å². The van der Waals surface area contributed by atoms with Crippen molar-refractivity contribution in [2.24, 2.45) is 5.73 Å². The first-order chi connectivity index (χ1) is 9.11. The van der Waals surface area contributed by atoms with E-state index < -0.39 is 0 Å². The molecule has 0 aromatic heterocycles. The molecule has 5 heteroatoms. The summed E-state index contributed by atoms with van der Waals surface area (Å²) >= 11 is 12.2. The minimum atomic E-state index is -0.359. The van der Waals surface area contributed by atoms with E-state index in [0.29, 0.717) is 22.3 Å². The number of anilines is 1. The molecule has 0 aliphatic rings. The Hall–Kier alpha value is -1.29. The van der Waals surface area contributed by atoms with E-state index in [1.54, 1.807) is 6.07 Å². The zero-order valence-electron chi connectivity index (χ0n) is 10.0. The summed E-state index contributed by atoms with van der Waals surface area (Å²) in [4.78, 5) is 0. The van der Waals surface area contributed by atoms with Gasteiger partial charge in [0.1, 0.15) is 5.82 Å². The lowest BCUT2D eigenvalue weighted by Gasteiger charge is -2.20. The second-order valence-corrected chi connectivity index (χ2v) is 4.89. The zero-order chi connectivity index (χ0) is 13.8. The largest absolute Gasteiger partial charge is 0.376 e. The molecule has 0 bridgehead atoms. The van der Waals surface area contributed by atoms with Crippen molar-refractivity contribution in [3.63, 3.8) is 0 Å². The first-order valence-electron chi connectivity index (χ1n) is 5.78. The van der Waals surface area contributed by atoms with E-state index in [0.717, 1.165) is 5.56 Å². The fraction of sp³-hybridized carbons (Fsp3) is 0.143. The Morgan fingerprint density at radius 3 is 2.53 bits per heavy atom. The molecule has 1 unspecified atom stereocenters. The van der Waals surface area contributed by atoms with E-state index in [2.05, 4.69) is 5.32 Å². The zero-order valence-corrected chi connectivity index (χ0v) is 11.5. The van der Waals surface area contributed by atoms with Crippen LogP contribution in [0, 0.1) is 5.82 Å². The standard InChI is InChI=1S/C14H13Cl2FN2/c15-11-4-2-1-3-10(11)14(8-18)19-13-7-9(17)5-6-12(13)16/h1-7,14,19H,8,18H2. The van der Waals surface area contributed by atoms with Crippen molar-refractivity contribution in [2.75, 3.05) is 11.9 Å². The van der Waals surface area contributed by atoms with Crippen LogP contribution in [0.5, 0.6) is 0 Å². The number of rotatable bonds is 4. The molecule has 0 heterocycles. The molecule has 0 radical (unpaired) electrons. The Morgan fingerprint density at radius 2 is 1.84 bits per heavy atom. The summed E-state index contributed by atoms with van der Waals surface area (Å²) < 4.78 is 13.2. The van der Waals surface area contributed by atoms with Crippen LogP contribution in [0.2, 0.25) is 10.0 Å². The molecule has 0 amide bonds. The number of nitrogens with two attached hydrogens (primary N) is 1. The van der Waals surface area contributed by atoms with Gasteiger partial charge in [-0.15, -0.1) is 0 Å². The number of nitrogens with one attached hydrogen (secondary N) is 1. The van der Waals surface area contributed by atoms with E-state index in [1.807, 2.05) is 18.2 Å². The molecule has 2 rings (SSSR count). The second kappa shape index (κ2) is 6.24. The van der Waals surface area contributed by atoms with Gasteiger partial charge in [-0.05, 0) is 29.8 Å². The van der Waals surface area contributed by atoms with Gasteiger partial charge in [0.25, 0.3) is 0 Å². The SMILES string of the molecule is NCC(Nc1cc(F)ccc1Cl)c1ccccc1Cl. The average molecular weight is 299 g/mol. The Morgan fingerprint density at radius 1 is 1.11 bits per heavy atom. The molecule has 2 nitrogen and oxygen atoms in total. The number of hydrogen-bond acceptors (Lipinski definition) is 2.